The normalized spacial score (nSPS) is 15.0. The van der Waals surface area contributed by atoms with Crippen LogP contribution in [-0.4, -0.2) is 39.5 Å². The van der Waals surface area contributed by atoms with E-state index in [-0.39, 0.29) is 23.6 Å². The third kappa shape index (κ3) is 3.26. The number of fused-ring (bicyclic) bond motifs is 3. The average molecular weight is 403 g/mol. The molecule has 0 saturated heterocycles. The lowest BCUT2D eigenvalue weighted by molar-refractivity contribution is -0.135. The first kappa shape index (κ1) is 18.5. The second-order valence-corrected chi connectivity index (χ2v) is 7.73. The van der Waals surface area contributed by atoms with Crippen LogP contribution in [0.25, 0.3) is 10.9 Å². The van der Waals surface area contributed by atoms with Gasteiger partial charge in [-0.05, 0) is 42.2 Å². The molecule has 0 saturated carbocycles. The van der Waals surface area contributed by atoms with Crippen LogP contribution in [0.5, 0.6) is 0 Å². The lowest BCUT2D eigenvalue weighted by Crippen LogP contribution is -2.38. The predicted octanol–water partition coefficient (Wildman–Crippen LogP) is 2.08. The fraction of sp³-hybridized carbons (Fsp3) is 0.304. The Bertz CT molecular complexity index is 1230. The molecule has 0 fully saturated rings. The molecule has 0 aliphatic carbocycles. The maximum Gasteiger partial charge on any atom is 0.338 e. The van der Waals surface area contributed by atoms with E-state index < -0.39 is 5.97 Å². The number of benzene rings is 2. The van der Waals surface area contributed by atoms with Crippen molar-refractivity contribution in [2.45, 2.75) is 32.4 Å². The highest BCUT2D eigenvalue weighted by atomic mass is 16.5. The Hall–Kier alpha value is -3.48. The number of aromatic nitrogens is 2. The topological polar surface area (TPSA) is 81.5 Å². The van der Waals surface area contributed by atoms with Crippen molar-refractivity contribution in [3.05, 3.63) is 75.3 Å². The highest BCUT2D eigenvalue weighted by Gasteiger charge is 2.22. The third-order valence-electron chi connectivity index (χ3n) is 5.86. The Balaban J connectivity index is 1.28. The maximum absolute atomic E-state index is 12.5. The second-order valence-electron chi connectivity index (χ2n) is 7.73. The van der Waals surface area contributed by atoms with Crippen molar-refractivity contribution in [1.29, 1.82) is 0 Å². The van der Waals surface area contributed by atoms with Gasteiger partial charge in [-0.1, -0.05) is 24.3 Å². The Morgan fingerprint density at radius 1 is 1.03 bits per heavy atom. The number of hydrogen-bond donors (Lipinski definition) is 0. The van der Waals surface area contributed by atoms with E-state index in [1.54, 1.807) is 27.7 Å². The first-order chi connectivity index (χ1) is 14.6. The zero-order valence-electron chi connectivity index (χ0n) is 16.5. The molecule has 0 radical (unpaired) electrons. The average Bonchev–Trinajstić information content (AvgIpc) is 3.25. The van der Waals surface area contributed by atoms with Crippen LogP contribution in [0, 0.1) is 0 Å². The van der Waals surface area contributed by atoms with E-state index in [4.69, 9.17) is 4.74 Å². The number of carbonyl (C=O) groups excluding carboxylic acids is 2. The van der Waals surface area contributed by atoms with Crippen LogP contribution in [0.3, 0.4) is 0 Å². The van der Waals surface area contributed by atoms with E-state index in [2.05, 4.69) is 11.1 Å². The van der Waals surface area contributed by atoms with Crippen molar-refractivity contribution in [1.82, 2.24) is 14.5 Å². The van der Waals surface area contributed by atoms with Crippen LogP contribution in [0.4, 0.5) is 0 Å². The van der Waals surface area contributed by atoms with Gasteiger partial charge >= 0.3 is 5.97 Å². The monoisotopic (exact) mass is 403 g/mol. The van der Waals surface area contributed by atoms with Crippen LogP contribution < -0.4 is 5.56 Å². The minimum Gasteiger partial charge on any atom is -0.452 e. The second kappa shape index (κ2) is 7.40. The van der Waals surface area contributed by atoms with Crippen LogP contribution in [-0.2, 0) is 35.5 Å². The zero-order chi connectivity index (χ0) is 20.7. The van der Waals surface area contributed by atoms with Crippen molar-refractivity contribution < 1.29 is 14.3 Å². The quantitative estimate of drug-likeness (QED) is 0.626. The molecule has 2 aliphatic rings. The number of aryl methyl sites for hydroxylation is 1. The molecule has 7 heteroatoms. The molecule has 0 unspecified atom stereocenters. The van der Waals surface area contributed by atoms with E-state index >= 15 is 0 Å². The summed E-state index contributed by atoms with van der Waals surface area (Å²) in [4.78, 5) is 43.8. The molecular weight excluding hydrogens is 382 g/mol. The molecule has 1 amide bonds. The van der Waals surface area contributed by atoms with Crippen LogP contribution in [0.15, 0.2) is 47.3 Å². The molecule has 1 aromatic heterocycles. The van der Waals surface area contributed by atoms with Gasteiger partial charge < -0.3 is 9.64 Å². The number of esters is 1. The molecule has 2 aromatic carbocycles. The molecule has 0 bridgehead atoms. The van der Waals surface area contributed by atoms with Crippen molar-refractivity contribution in [2.75, 3.05) is 13.2 Å². The zero-order valence-corrected chi connectivity index (χ0v) is 16.5. The Morgan fingerprint density at radius 3 is 2.73 bits per heavy atom. The van der Waals surface area contributed by atoms with Gasteiger partial charge in [0, 0.05) is 26.1 Å². The lowest BCUT2D eigenvalue weighted by atomic mass is 10.00. The number of amides is 1. The van der Waals surface area contributed by atoms with Gasteiger partial charge in [0.15, 0.2) is 6.61 Å². The van der Waals surface area contributed by atoms with Crippen molar-refractivity contribution >= 4 is 22.8 Å². The molecule has 30 heavy (non-hydrogen) atoms. The maximum atomic E-state index is 12.5. The minimum atomic E-state index is -0.593. The molecule has 7 nitrogen and oxygen atoms in total. The summed E-state index contributed by atoms with van der Waals surface area (Å²) in [5.74, 6) is -0.0588. The summed E-state index contributed by atoms with van der Waals surface area (Å²) in [5, 5.41) is 0.486. The molecule has 3 heterocycles. The molecule has 0 spiro atoms. The smallest absolute Gasteiger partial charge is 0.338 e. The third-order valence-corrected chi connectivity index (χ3v) is 5.86. The van der Waals surface area contributed by atoms with E-state index in [0.717, 1.165) is 30.7 Å². The van der Waals surface area contributed by atoms with Gasteiger partial charge in [0.1, 0.15) is 5.82 Å². The van der Waals surface area contributed by atoms with Gasteiger partial charge in [0.2, 0.25) is 0 Å². The first-order valence-electron chi connectivity index (χ1n) is 10.2. The number of hydrogen-bond acceptors (Lipinski definition) is 5. The summed E-state index contributed by atoms with van der Waals surface area (Å²) in [5.41, 5.74) is 3.08. The Labute approximate surface area is 172 Å². The van der Waals surface area contributed by atoms with Crippen LogP contribution in [0.1, 0.15) is 33.7 Å². The molecule has 0 atom stereocenters. The molecular formula is C23H21N3O4. The molecule has 5 rings (SSSR count). The number of rotatable bonds is 3. The largest absolute Gasteiger partial charge is 0.452 e. The van der Waals surface area contributed by atoms with E-state index in [9.17, 15) is 14.4 Å². The Morgan fingerprint density at radius 2 is 1.87 bits per heavy atom. The summed E-state index contributed by atoms with van der Waals surface area (Å²) in [6.07, 6.45) is 2.45. The highest BCUT2D eigenvalue weighted by molar-refractivity contribution is 5.95. The predicted molar refractivity (Wildman–Crippen MR) is 110 cm³/mol. The molecule has 0 N–H and O–H groups in total. The van der Waals surface area contributed by atoms with Gasteiger partial charge in [-0.2, -0.15) is 0 Å². The summed E-state index contributed by atoms with van der Waals surface area (Å²) in [6, 6.07) is 12.8. The van der Waals surface area contributed by atoms with Gasteiger partial charge in [0.05, 0.1) is 16.5 Å². The fourth-order valence-corrected chi connectivity index (χ4v) is 4.22. The number of nitrogens with zero attached hydrogens (tertiary/aromatic N) is 3. The van der Waals surface area contributed by atoms with Crippen molar-refractivity contribution in [3.8, 4) is 0 Å². The van der Waals surface area contributed by atoms with Crippen molar-refractivity contribution in [2.24, 2.45) is 0 Å². The minimum absolute atomic E-state index is 0.0759. The lowest BCUT2D eigenvalue weighted by Gasteiger charge is -2.28. The van der Waals surface area contributed by atoms with E-state index in [0.29, 0.717) is 30.5 Å². The van der Waals surface area contributed by atoms with E-state index in [1.165, 1.54) is 5.56 Å². The van der Waals surface area contributed by atoms with Gasteiger partial charge in [0.25, 0.3) is 11.5 Å². The van der Waals surface area contributed by atoms with Crippen LogP contribution in [0.2, 0.25) is 0 Å². The number of carbonyl (C=O) groups is 2. The van der Waals surface area contributed by atoms with Gasteiger partial charge in [-0.25, -0.2) is 9.78 Å². The fourth-order valence-electron chi connectivity index (χ4n) is 4.22. The molecule has 152 valence electrons. The highest BCUT2D eigenvalue weighted by Crippen LogP contribution is 2.19. The molecule has 3 aromatic rings. The summed E-state index contributed by atoms with van der Waals surface area (Å²) < 4.78 is 6.95. The Kier molecular flexibility index (Phi) is 4.58. The summed E-state index contributed by atoms with van der Waals surface area (Å²) >= 11 is 0. The molecule has 2 aliphatic heterocycles. The van der Waals surface area contributed by atoms with Crippen LogP contribution >= 0.6 is 0 Å². The van der Waals surface area contributed by atoms with Gasteiger partial charge in [-0.15, -0.1) is 0 Å². The first-order valence-corrected chi connectivity index (χ1v) is 10.2. The summed E-state index contributed by atoms with van der Waals surface area (Å²) in [6.45, 7) is 1.52. The number of ether oxygens (including phenoxy) is 1. The van der Waals surface area contributed by atoms with Crippen molar-refractivity contribution in [3.63, 3.8) is 0 Å². The summed E-state index contributed by atoms with van der Waals surface area (Å²) in [7, 11) is 0. The van der Waals surface area contributed by atoms with Gasteiger partial charge in [-0.3, -0.25) is 14.2 Å². The van der Waals surface area contributed by atoms with E-state index in [1.807, 2.05) is 18.2 Å². The standard InChI is InChI=1S/C23H21N3O4/c27-21(25-11-9-15-4-1-2-5-17(15)13-25)14-30-23(29)16-7-8-18-19(12-16)24-20-6-3-10-26(20)22(18)28/h1-2,4-5,7-8,12H,3,6,9-11,13-14H2. The SMILES string of the molecule is O=C(OCC(=O)N1CCc2ccccc2C1)c1ccc2c(=O)n3c(nc2c1)CCC3.